The van der Waals surface area contributed by atoms with Gasteiger partial charge in [0.05, 0.1) is 0 Å². The van der Waals surface area contributed by atoms with Crippen molar-refractivity contribution in [3.05, 3.63) is 193 Å². The summed E-state index contributed by atoms with van der Waals surface area (Å²) in [6.45, 7) is 0. The summed E-state index contributed by atoms with van der Waals surface area (Å²) in [6, 6.07) is 59.8. The first-order valence-electron chi connectivity index (χ1n) is 18.8. The Labute approximate surface area is 318 Å². The van der Waals surface area contributed by atoms with Crippen molar-refractivity contribution < 1.29 is 4.42 Å². The molecule has 0 atom stereocenters. The molecule has 11 rings (SSSR count). The first-order chi connectivity index (χ1) is 27.2. The monoisotopic (exact) mass is 703 g/mol. The SMILES string of the molecule is C1=C(c2ccc(-c3nc(-c4ccc5ccccc5c4)nc(-c4cccc5c(-c6cccc7oc8ccccc8c67)cccc45)n3)cc2)c2ccccc2CC1. The van der Waals surface area contributed by atoms with Gasteiger partial charge in [-0.25, -0.2) is 15.0 Å². The molecule has 0 bridgehead atoms. The normalized spacial score (nSPS) is 12.7. The molecule has 0 saturated heterocycles. The Hall–Kier alpha value is -7.17. The van der Waals surface area contributed by atoms with Gasteiger partial charge in [-0.05, 0) is 86.0 Å². The Morgan fingerprint density at radius 1 is 0.400 bits per heavy atom. The molecule has 8 aromatic carbocycles. The van der Waals surface area contributed by atoms with Crippen LogP contribution in [0.25, 0.3) is 94.3 Å². The zero-order valence-corrected chi connectivity index (χ0v) is 29.9. The first kappa shape index (κ1) is 31.4. The van der Waals surface area contributed by atoms with Crippen molar-refractivity contribution >= 4 is 49.1 Å². The quantitative estimate of drug-likeness (QED) is 0.179. The lowest BCUT2D eigenvalue weighted by atomic mass is 9.87. The van der Waals surface area contributed by atoms with Crippen molar-refractivity contribution in [1.82, 2.24) is 15.0 Å². The number of nitrogens with zero attached hydrogens (tertiary/aromatic N) is 3. The van der Waals surface area contributed by atoms with Crippen molar-refractivity contribution in [1.29, 1.82) is 0 Å². The average molecular weight is 704 g/mol. The molecule has 0 fully saturated rings. The van der Waals surface area contributed by atoms with Gasteiger partial charge in [-0.1, -0.05) is 158 Å². The molecule has 1 aliphatic rings. The fourth-order valence-corrected chi connectivity index (χ4v) is 8.38. The molecule has 55 heavy (non-hydrogen) atoms. The highest BCUT2D eigenvalue weighted by Gasteiger charge is 2.19. The van der Waals surface area contributed by atoms with Crippen LogP contribution >= 0.6 is 0 Å². The molecule has 0 radical (unpaired) electrons. The molecule has 10 aromatic rings. The van der Waals surface area contributed by atoms with Crippen LogP contribution in [0, 0.1) is 0 Å². The molecule has 0 aliphatic heterocycles. The van der Waals surface area contributed by atoms with E-state index in [1.54, 1.807) is 0 Å². The lowest BCUT2D eigenvalue weighted by molar-refractivity contribution is 0.669. The highest BCUT2D eigenvalue weighted by atomic mass is 16.3. The van der Waals surface area contributed by atoms with Gasteiger partial charge in [-0.15, -0.1) is 0 Å². The number of hydrogen-bond donors (Lipinski definition) is 0. The van der Waals surface area contributed by atoms with Crippen LogP contribution in [0.3, 0.4) is 0 Å². The number of furan rings is 1. The second kappa shape index (κ2) is 12.8. The van der Waals surface area contributed by atoms with Crippen LogP contribution < -0.4 is 0 Å². The molecule has 4 heteroatoms. The Kier molecular flexibility index (Phi) is 7.27. The Balaban J connectivity index is 1.08. The highest BCUT2D eigenvalue weighted by molar-refractivity contribution is 6.16. The molecule has 0 unspecified atom stereocenters. The standard InChI is InChI=1S/C51H33N3O/c1-2-13-36-31-37(30-25-32(36)11-1)50-52-49(35-28-26-34(27-29-35)39-17-7-14-33-12-3-4-15-38(33)39)53-51(54-50)44-22-9-18-40-41(19-8-20-42(40)44)43-21-10-24-47-48(43)45-16-5-6-23-46(45)55-47/h1-6,8-13,15-31H,7,14H2. The van der Waals surface area contributed by atoms with Crippen LogP contribution in [0.4, 0.5) is 0 Å². The maximum Gasteiger partial charge on any atom is 0.164 e. The van der Waals surface area contributed by atoms with E-state index in [1.807, 2.05) is 18.2 Å². The van der Waals surface area contributed by atoms with E-state index in [4.69, 9.17) is 19.4 Å². The van der Waals surface area contributed by atoms with Gasteiger partial charge in [0, 0.05) is 27.5 Å². The molecular formula is C51H33N3O. The van der Waals surface area contributed by atoms with E-state index in [9.17, 15) is 0 Å². The molecule has 0 N–H and O–H groups in total. The van der Waals surface area contributed by atoms with Gasteiger partial charge in [0.25, 0.3) is 0 Å². The zero-order chi connectivity index (χ0) is 36.3. The number of aryl methyl sites for hydroxylation is 1. The van der Waals surface area contributed by atoms with Gasteiger partial charge >= 0.3 is 0 Å². The minimum absolute atomic E-state index is 0.635. The van der Waals surface area contributed by atoms with Gasteiger partial charge in [0.1, 0.15) is 11.2 Å². The van der Waals surface area contributed by atoms with E-state index in [2.05, 4.69) is 158 Å². The maximum atomic E-state index is 6.28. The zero-order valence-electron chi connectivity index (χ0n) is 29.9. The Morgan fingerprint density at radius 2 is 1.00 bits per heavy atom. The van der Waals surface area contributed by atoms with E-state index >= 15 is 0 Å². The molecule has 0 spiro atoms. The number of aromatic nitrogens is 3. The number of fused-ring (bicyclic) bond motifs is 6. The third-order valence-corrected chi connectivity index (χ3v) is 11.0. The van der Waals surface area contributed by atoms with Crippen LogP contribution in [-0.2, 0) is 6.42 Å². The average Bonchev–Trinajstić information content (AvgIpc) is 3.65. The van der Waals surface area contributed by atoms with E-state index < -0.39 is 0 Å². The van der Waals surface area contributed by atoms with Gasteiger partial charge in [-0.3, -0.25) is 0 Å². The van der Waals surface area contributed by atoms with Crippen molar-refractivity contribution in [3.8, 4) is 45.3 Å². The molecule has 0 amide bonds. The summed E-state index contributed by atoms with van der Waals surface area (Å²) in [4.78, 5) is 15.6. The molecule has 1 aliphatic carbocycles. The van der Waals surface area contributed by atoms with Crippen molar-refractivity contribution in [3.63, 3.8) is 0 Å². The maximum absolute atomic E-state index is 6.28. The third-order valence-electron chi connectivity index (χ3n) is 11.0. The predicted molar refractivity (Wildman–Crippen MR) is 226 cm³/mol. The number of benzene rings is 8. The summed E-state index contributed by atoms with van der Waals surface area (Å²) in [5.74, 6) is 1.91. The lowest BCUT2D eigenvalue weighted by Crippen LogP contribution is -2.02. The summed E-state index contributed by atoms with van der Waals surface area (Å²) in [6.07, 6.45) is 4.48. The fraction of sp³-hybridized carbons (Fsp3) is 0.0392. The summed E-state index contributed by atoms with van der Waals surface area (Å²) < 4.78 is 6.28. The van der Waals surface area contributed by atoms with Crippen LogP contribution in [-0.4, -0.2) is 15.0 Å². The first-order valence-corrected chi connectivity index (χ1v) is 18.8. The third kappa shape index (κ3) is 5.33. The summed E-state index contributed by atoms with van der Waals surface area (Å²) >= 11 is 0. The second-order valence-electron chi connectivity index (χ2n) is 14.2. The largest absolute Gasteiger partial charge is 0.456 e. The van der Waals surface area contributed by atoms with Gasteiger partial charge in [-0.2, -0.15) is 0 Å². The number of allylic oxidation sites excluding steroid dienone is 1. The van der Waals surface area contributed by atoms with Crippen molar-refractivity contribution in [2.45, 2.75) is 12.8 Å². The smallest absolute Gasteiger partial charge is 0.164 e. The second-order valence-corrected chi connectivity index (χ2v) is 14.2. The minimum Gasteiger partial charge on any atom is -0.456 e. The Morgan fingerprint density at radius 3 is 1.89 bits per heavy atom. The topological polar surface area (TPSA) is 51.8 Å². The van der Waals surface area contributed by atoms with E-state index in [1.165, 1.54) is 27.6 Å². The molecular weight excluding hydrogens is 671 g/mol. The van der Waals surface area contributed by atoms with E-state index in [-0.39, 0.29) is 0 Å². The summed E-state index contributed by atoms with van der Waals surface area (Å²) in [7, 11) is 0. The van der Waals surface area contributed by atoms with Crippen LogP contribution in [0.1, 0.15) is 23.1 Å². The van der Waals surface area contributed by atoms with Crippen molar-refractivity contribution in [2.24, 2.45) is 0 Å². The summed E-state index contributed by atoms with van der Waals surface area (Å²) in [5, 5.41) is 6.75. The molecule has 2 heterocycles. The molecule has 4 nitrogen and oxygen atoms in total. The number of hydrogen-bond acceptors (Lipinski definition) is 4. The van der Waals surface area contributed by atoms with E-state index in [0.717, 1.165) is 78.8 Å². The van der Waals surface area contributed by atoms with E-state index in [0.29, 0.717) is 17.5 Å². The van der Waals surface area contributed by atoms with Crippen LogP contribution in [0.15, 0.2) is 180 Å². The highest BCUT2D eigenvalue weighted by Crippen LogP contribution is 2.41. The Bertz CT molecular complexity index is 3150. The lowest BCUT2D eigenvalue weighted by Gasteiger charge is -2.18. The number of rotatable bonds is 5. The molecule has 0 saturated carbocycles. The van der Waals surface area contributed by atoms with Gasteiger partial charge in [0.15, 0.2) is 17.5 Å². The summed E-state index contributed by atoms with van der Waals surface area (Å²) in [5.41, 5.74) is 12.1. The molecule has 2 aromatic heterocycles. The van der Waals surface area contributed by atoms with Crippen molar-refractivity contribution in [2.75, 3.05) is 0 Å². The predicted octanol–water partition coefficient (Wildman–Crippen LogP) is 13.1. The minimum atomic E-state index is 0.635. The van der Waals surface area contributed by atoms with Gasteiger partial charge < -0.3 is 4.42 Å². The number of para-hydroxylation sites is 1. The van der Waals surface area contributed by atoms with Gasteiger partial charge in [0.2, 0.25) is 0 Å². The fourth-order valence-electron chi connectivity index (χ4n) is 8.38. The van der Waals surface area contributed by atoms with Crippen LogP contribution in [0.5, 0.6) is 0 Å². The van der Waals surface area contributed by atoms with Crippen LogP contribution in [0.2, 0.25) is 0 Å². The molecule has 258 valence electrons.